The van der Waals surface area contributed by atoms with Crippen molar-refractivity contribution in [1.29, 1.82) is 0 Å². The summed E-state index contributed by atoms with van der Waals surface area (Å²) >= 11 is 0. The summed E-state index contributed by atoms with van der Waals surface area (Å²) in [6.07, 6.45) is 37.3. The lowest BCUT2D eigenvalue weighted by atomic mass is 9.97. The standard InChI is InChI=1S/C28H46O2/c1-3-5-6-7-8-9-10-11-12-13-14-15-16-17-18-19-20-21-22-23-24-26-27(25-4-2)28(29)30/h7-8,15-22,27H,3-6,9-14,23-26H2,1-2H3,(H,29,30). The maximum Gasteiger partial charge on any atom is 0.306 e. The van der Waals surface area contributed by atoms with Crippen LogP contribution in [0.25, 0.3) is 0 Å². The highest BCUT2D eigenvalue weighted by Gasteiger charge is 2.14. The number of carboxylic acid groups (broad SMARTS) is 1. The Morgan fingerprint density at radius 1 is 0.600 bits per heavy atom. The first kappa shape index (κ1) is 28.2. The molecule has 30 heavy (non-hydrogen) atoms. The molecule has 2 nitrogen and oxygen atoms in total. The Kier molecular flexibility index (Phi) is 22.0. The molecule has 0 heterocycles. The monoisotopic (exact) mass is 414 g/mol. The van der Waals surface area contributed by atoms with Crippen molar-refractivity contribution in [1.82, 2.24) is 0 Å². The molecule has 0 aromatic heterocycles. The molecular formula is C28H46O2. The lowest BCUT2D eigenvalue weighted by molar-refractivity contribution is -0.142. The molecule has 1 unspecified atom stereocenters. The highest BCUT2D eigenvalue weighted by Crippen LogP contribution is 2.15. The van der Waals surface area contributed by atoms with Gasteiger partial charge in [0.15, 0.2) is 0 Å². The van der Waals surface area contributed by atoms with Crippen molar-refractivity contribution in [2.75, 3.05) is 0 Å². The van der Waals surface area contributed by atoms with E-state index >= 15 is 0 Å². The molecule has 0 radical (unpaired) electrons. The largest absolute Gasteiger partial charge is 0.481 e. The fourth-order valence-electron chi connectivity index (χ4n) is 3.26. The maximum absolute atomic E-state index is 11.1. The number of allylic oxidation sites excluding steroid dienone is 10. The van der Waals surface area contributed by atoms with Crippen LogP contribution < -0.4 is 0 Å². The number of unbranched alkanes of at least 4 members (excludes halogenated alkanes) is 8. The van der Waals surface area contributed by atoms with Crippen LogP contribution in [0.15, 0.2) is 60.8 Å². The van der Waals surface area contributed by atoms with E-state index in [2.05, 4.69) is 43.4 Å². The molecule has 0 bridgehead atoms. The van der Waals surface area contributed by atoms with Crippen LogP contribution in [0.1, 0.15) is 104 Å². The van der Waals surface area contributed by atoms with Crippen molar-refractivity contribution in [2.24, 2.45) is 5.92 Å². The lowest BCUT2D eigenvalue weighted by Crippen LogP contribution is -2.13. The van der Waals surface area contributed by atoms with Gasteiger partial charge >= 0.3 is 5.97 Å². The van der Waals surface area contributed by atoms with E-state index in [1.54, 1.807) is 0 Å². The Hall–Kier alpha value is -1.83. The van der Waals surface area contributed by atoms with Gasteiger partial charge in [-0.1, -0.05) is 107 Å². The van der Waals surface area contributed by atoms with Crippen LogP contribution in [0.5, 0.6) is 0 Å². The molecule has 0 spiro atoms. The summed E-state index contributed by atoms with van der Waals surface area (Å²) in [5.74, 6) is -0.823. The molecule has 2 heteroatoms. The highest BCUT2D eigenvalue weighted by molar-refractivity contribution is 5.69. The molecule has 0 saturated heterocycles. The average molecular weight is 415 g/mol. The van der Waals surface area contributed by atoms with Crippen LogP contribution >= 0.6 is 0 Å². The molecule has 0 fully saturated rings. The first-order valence-corrected chi connectivity index (χ1v) is 12.2. The summed E-state index contributed by atoms with van der Waals surface area (Å²) in [7, 11) is 0. The molecule has 0 amide bonds. The van der Waals surface area contributed by atoms with Gasteiger partial charge < -0.3 is 5.11 Å². The van der Waals surface area contributed by atoms with Crippen molar-refractivity contribution in [3.8, 4) is 0 Å². The molecule has 0 aliphatic heterocycles. The fourth-order valence-corrected chi connectivity index (χ4v) is 3.26. The van der Waals surface area contributed by atoms with Gasteiger partial charge in [0.2, 0.25) is 0 Å². The van der Waals surface area contributed by atoms with E-state index in [9.17, 15) is 4.79 Å². The summed E-state index contributed by atoms with van der Waals surface area (Å²) < 4.78 is 0. The number of hydrogen-bond donors (Lipinski definition) is 1. The molecule has 0 rings (SSSR count). The first-order valence-electron chi connectivity index (χ1n) is 12.2. The second-order valence-electron chi connectivity index (χ2n) is 7.99. The van der Waals surface area contributed by atoms with Gasteiger partial charge in [-0.15, -0.1) is 0 Å². The molecule has 0 aromatic rings. The van der Waals surface area contributed by atoms with Crippen LogP contribution in [0, 0.1) is 5.92 Å². The third kappa shape index (κ3) is 20.9. The molecule has 0 aliphatic carbocycles. The second-order valence-corrected chi connectivity index (χ2v) is 7.99. The van der Waals surface area contributed by atoms with E-state index in [-0.39, 0.29) is 5.92 Å². The van der Waals surface area contributed by atoms with E-state index < -0.39 is 5.97 Å². The van der Waals surface area contributed by atoms with Gasteiger partial charge in [-0.3, -0.25) is 4.79 Å². The number of carbonyl (C=O) groups is 1. The van der Waals surface area contributed by atoms with Crippen molar-refractivity contribution >= 4 is 5.97 Å². The van der Waals surface area contributed by atoms with Crippen LogP contribution in [-0.2, 0) is 4.79 Å². The normalized spacial score (nSPS) is 13.7. The van der Waals surface area contributed by atoms with E-state index in [0.717, 1.165) is 38.5 Å². The maximum atomic E-state index is 11.1. The molecule has 170 valence electrons. The predicted octanol–water partition coefficient (Wildman–Crippen LogP) is 8.97. The van der Waals surface area contributed by atoms with Gasteiger partial charge in [-0.25, -0.2) is 0 Å². The van der Waals surface area contributed by atoms with Gasteiger partial charge in [0.1, 0.15) is 0 Å². The first-order chi connectivity index (χ1) is 14.7. The van der Waals surface area contributed by atoms with Crippen LogP contribution in [0.3, 0.4) is 0 Å². The number of hydrogen-bond acceptors (Lipinski definition) is 1. The van der Waals surface area contributed by atoms with Crippen LogP contribution in [0.4, 0.5) is 0 Å². The zero-order valence-corrected chi connectivity index (χ0v) is 19.6. The third-order valence-electron chi connectivity index (χ3n) is 5.12. The topological polar surface area (TPSA) is 37.3 Å². The van der Waals surface area contributed by atoms with E-state index in [1.807, 2.05) is 31.2 Å². The van der Waals surface area contributed by atoms with Gasteiger partial charge in [-0.2, -0.15) is 0 Å². The van der Waals surface area contributed by atoms with Gasteiger partial charge in [0.25, 0.3) is 0 Å². The van der Waals surface area contributed by atoms with Gasteiger partial charge in [0.05, 0.1) is 5.92 Å². The minimum atomic E-state index is -0.649. The average Bonchev–Trinajstić information content (AvgIpc) is 2.73. The number of rotatable bonds is 20. The minimum absolute atomic E-state index is 0.175. The second kappa shape index (κ2) is 23.4. The zero-order chi connectivity index (χ0) is 22.1. The summed E-state index contributed by atoms with van der Waals surface area (Å²) in [5.41, 5.74) is 0. The summed E-state index contributed by atoms with van der Waals surface area (Å²) in [5, 5.41) is 9.13. The zero-order valence-electron chi connectivity index (χ0n) is 19.6. The molecule has 0 aromatic carbocycles. The van der Waals surface area contributed by atoms with Crippen molar-refractivity contribution in [3.05, 3.63) is 60.8 Å². The summed E-state index contributed by atoms with van der Waals surface area (Å²) in [6.45, 7) is 4.28. The smallest absolute Gasteiger partial charge is 0.306 e. The van der Waals surface area contributed by atoms with Crippen molar-refractivity contribution < 1.29 is 9.90 Å². The Morgan fingerprint density at radius 2 is 1.10 bits per heavy atom. The van der Waals surface area contributed by atoms with Crippen molar-refractivity contribution in [3.63, 3.8) is 0 Å². The highest BCUT2D eigenvalue weighted by atomic mass is 16.4. The van der Waals surface area contributed by atoms with Crippen molar-refractivity contribution in [2.45, 2.75) is 104 Å². The van der Waals surface area contributed by atoms with Gasteiger partial charge in [-0.05, 0) is 57.8 Å². The van der Waals surface area contributed by atoms with Gasteiger partial charge in [0, 0.05) is 0 Å². The van der Waals surface area contributed by atoms with E-state index in [0.29, 0.717) is 0 Å². The molecule has 0 saturated carbocycles. The summed E-state index contributed by atoms with van der Waals surface area (Å²) in [6, 6.07) is 0. The Bertz CT molecular complexity index is 523. The predicted molar refractivity (Wildman–Crippen MR) is 133 cm³/mol. The van der Waals surface area contributed by atoms with E-state index in [4.69, 9.17) is 5.11 Å². The fraction of sp³-hybridized carbons (Fsp3) is 0.607. The lowest BCUT2D eigenvalue weighted by Gasteiger charge is -2.09. The molecule has 1 N–H and O–H groups in total. The van der Waals surface area contributed by atoms with E-state index in [1.165, 1.54) is 51.4 Å². The quantitative estimate of drug-likeness (QED) is 0.123. The molecular weight excluding hydrogens is 368 g/mol. The van der Waals surface area contributed by atoms with Crippen LogP contribution in [0.2, 0.25) is 0 Å². The molecule has 0 aliphatic rings. The van der Waals surface area contributed by atoms with Crippen LogP contribution in [-0.4, -0.2) is 11.1 Å². The number of aliphatic carboxylic acids is 1. The molecule has 1 atom stereocenters. The third-order valence-corrected chi connectivity index (χ3v) is 5.12. The Morgan fingerprint density at radius 3 is 1.63 bits per heavy atom. The minimum Gasteiger partial charge on any atom is -0.481 e. The summed E-state index contributed by atoms with van der Waals surface area (Å²) in [4.78, 5) is 11.1. The SMILES string of the molecule is CCCCC=CCCCCCCC=CC=CC=CC=CCCCC(CCC)C(=O)O. The Balaban J connectivity index is 3.58. The number of carboxylic acids is 1. The Labute approximate surface area is 186 Å².